The van der Waals surface area contributed by atoms with E-state index < -0.39 is 20.4 Å². The maximum absolute atomic E-state index is 9.75. The van der Waals surface area contributed by atoms with E-state index in [1.807, 2.05) is 0 Å². The molecule has 0 bridgehead atoms. The number of amides is 1. The van der Waals surface area contributed by atoms with Gasteiger partial charge in [-0.05, 0) is 0 Å². The number of primary amides is 1. The molecule has 0 saturated heterocycles. The van der Waals surface area contributed by atoms with Crippen LogP contribution in [0.1, 0.15) is 0 Å². The van der Waals surface area contributed by atoms with Crippen molar-refractivity contribution in [2.75, 3.05) is 0 Å². The van der Waals surface area contributed by atoms with Gasteiger partial charge in [0.05, 0.1) is 0 Å². The van der Waals surface area contributed by atoms with Gasteiger partial charge in [0.25, 0.3) is 5.91 Å². The molecule has 0 unspecified atom stereocenters. The molecule has 14 heteroatoms. The number of carbonyl (C=O) groups is 2. The molecule has 0 saturated carbocycles. The predicted octanol–water partition coefficient (Wildman–Crippen LogP) is 0.622. The van der Waals surface area contributed by atoms with Crippen molar-refractivity contribution >= 4 is 45.6 Å². The van der Waals surface area contributed by atoms with Gasteiger partial charge in [0.1, 0.15) is 0 Å². The zero-order chi connectivity index (χ0) is 13.3. The van der Waals surface area contributed by atoms with E-state index >= 15 is 0 Å². The Hall–Kier alpha value is -0.693. The normalized spacial score (nSPS) is 9.50. The van der Waals surface area contributed by atoms with Gasteiger partial charge in [0.15, 0.2) is 0 Å². The quantitative estimate of drug-likeness (QED) is 0.323. The third-order valence-electron chi connectivity index (χ3n) is 0.116. The third-order valence-corrected chi connectivity index (χ3v) is 0.116. The second-order valence-electron chi connectivity index (χ2n) is 1.51. The summed E-state index contributed by atoms with van der Waals surface area (Å²) in [6.07, 6.45) is 0.0556. The van der Waals surface area contributed by atoms with Gasteiger partial charge in [-0.2, -0.15) is 0 Å². The number of rotatable bonds is 1. The molecule has 0 aliphatic carbocycles. The van der Waals surface area contributed by atoms with Gasteiger partial charge in [-0.15, -0.1) is 0 Å². The fraction of sp³-hybridized carbons (Fsp3) is 0. The van der Waals surface area contributed by atoms with Crippen LogP contribution in [-0.4, -0.2) is 45.6 Å². The van der Waals surface area contributed by atoms with Crippen LogP contribution in [0, 0.1) is 0 Å². The Kier molecular flexibility index (Phi) is 16.6. The molecule has 1 amide bonds. The topological polar surface area (TPSA) is 60.2 Å². The second kappa shape index (κ2) is 10.8. The Morgan fingerprint density at radius 2 is 0.938 bits per heavy atom. The summed E-state index contributed by atoms with van der Waals surface area (Å²) in [5.41, 5.74) is 4.28. The van der Waals surface area contributed by atoms with Crippen molar-refractivity contribution in [2.45, 2.75) is 0 Å². The van der Waals surface area contributed by atoms with E-state index in [9.17, 15) is 39.3 Å². The molecule has 0 radical (unpaired) electrons. The van der Waals surface area contributed by atoms with Crippen molar-refractivity contribution in [3.63, 3.8) is 0 Å². The summed E-state index contributed by atoms with van der Waals surface area (Å²) < 4.78 is 78.0. The number of aldehydes is 1. The number of hydrogen-bond donors (Lipinski definition) is 1. The van der Waals surface area contributed by atoms with Gasteiger partial charge >= 0.3 is 33.4 Å². The summed E-state index contributed by atoms with van der Waals surface area (Å²) in [5, 5.41) is 0. The standard InChI is InChI=1S/C2H3NO2.2BF4.Li.H/c3-2(5)1-4;2*2-1(3,4)5;;/h1H,(H2,3,5);;;;/q;2*-1;;. The Balaban J connectivity index is -0.0000000655. The van der Waals surface area contributed by atoms with E-state index in [-0.39, 0.29) is 25.1 Å². The summed E-state index contributed by atoms with van der Waals surface area (Å²) in [7, 11) is -12.0. The Morgan fingerprint density at radius 1 is 0.875 bits per heavy atom. The number of carbonyl (C=O) groups excluding carboxylic acids is 2. The van der Waals surface area contributed by atoms with Crippen LogP contribution in [0.2, 0.25) is 0 Å². The molecule has 0 spiro atoms. The molecule has 16 heavy (non-hydrogen) atoms. The first kappa shape index (κ1) is 24.5. The molecule has 0 aliphatic heterocycles. The predicted molar refractivity (Wildman–Crippen MR) is 42.8 cm³/mol. The molecule has 0 rings (SSSR count). The van der Waals surface area contributed by atoms with Crippen LogP contribution in [0.3, 0.4) is 0 Å². The molecule has 0 aromatic rings. The molecule has 0 atom stereocenters. The zero-order valence-electron chi connectivity index (χ0n) is 6.65. The fourth-order valence-electron chi connectivity index (χ4n) is 0. The van der Waals surface area contributed by atoms with Crippen molar-refractivity contribution in [1.29, 1.82) is 0 Å². The third kappa shape index (κ3) is 1180. The van der Waals surface area contributed by atoms with E-state index in [0.29, 0.717) is 0 Å². The van der Waals surface area contributed by atoms with Gasteiger partial charge in [0, 0.05) is 0 Å². The van der Waals surface area contributed by atoms with E-state index in [2.05, 4.69) is 5.73 Å². The van der Waals surface area contributed by atoms with Crippen LogP contribution >= 0.6 is 0 Å². The number of halogens is 8. The molecule has 0 aromatic heterocycles. The van der Waals surface area contributed by atoms with Crippen molar-refractivity contribution in [3.05, 3.63) is 0 Å². The van der Waals surface area contributed by atoms with Gasteiger partial charge in [-0.25, -0.2) is 0 Å². The first-order valence-electron chi connectivity index (χ1n) is 2.76. The molecule has 94 valence electrons. The summed E-state index contributed by atoms with van der Waals surface area (Å²) >= 11 is 0. The molecule has 0 fully saturated rings. The van der Waals surface area contributed by atoms with Gasteiger partial charge in [0.2, 0.25) is 6.29 Å². The Bertz CT molecular complexity index is 169. The van der Waals surface area contributed by atoms with E-state index in [0.717, 1.165) is 0 Å². The van der Waals surface area contributed by atoms with E-state index in [4.69, 9.17) is 4.79 Å². The SMILES string of the molecule is F[B-](F)(F)F.F[B-](F)(F)F.NC(=O)C=O.[LiH]. The summed E-state index contributed by atoms with van der Waals surface area (Å²) in [6.45, 7) is 0. The minimum atomic E-state index is -6.00. The zero-order valence-corrected chi connectivity index (χ0v) is 6.65. The molecule has 2 N–H and O–H groups in total. The van der Waals surface area contributed by atoms with Gasteiger partial charge in [-0.1, -0.05) is 0 Å². The summed E-state index contributed by atoms with van der Waals surface area (Å²) in [6, 6.07) is 0. The van der Waals surface area contributed by atoms with Crippen LogP contribution in [0.15, 0.2) is 0 Å². The molecular formula is C2H4B2F8LiNO2-2. The molecule has 0 heterocycles. The first-order valence-corrected chi connectivity index (χ1v) is 2.76. The second-order valence-corrected chi connectivity index (χ2v) is 1.51. The minimum absolute atomic E-state index is 0. The Labute approximate surface area is 96.1 Å². The van der Waals surface area contributed by atoms with Crippen molar-refractivity contribution in [3.8, 4) is 0 Å². The molecule has 0 aromatic carbocycles. The fourth-order valence-corrected chi connectivity index (χ4v) is 0. The van der Waals surface area contributed by atoms with Crippen molar-refractivity contribution < 1.29 is 44.1 Å². The number of hydrogen-bond acceptors (Lipinski definition) is 2. The molecular weight excluding hydrogens is 251 g/mol. The van der Waals surface area contributed by atoms with Gasteiger partial charge in [-0.3, -0.25) is 9.59 Å². The van der Waals surface area contributed by atoms with Crippen molar-refractivity contribution in [2.24, 2.45) is 5.73 Å². The van der Waals surface area contributed by atoms with Crippen LogP contribution in [0.25, 0.3) is 0 Å². The first-order chi connectivity index (χ1) is 6.27. The van der Waals surface area contributed by atoms with Crippen LogP contribution in [-0.2, 0) is 9.59 Å². The average Bonchev–Trinajstić information content (AvgIpc) is 1.79. The maximum atomic E-state index is 9.75. The van der Waals surface area contributed by atoms with Gasteiger partial charge < -0.3 is 40.3 Å². The van der Waals surface area contributed by atoms with Crippen LogP contribution in [0.4, 0.5) is 34.5 Å². The molecule has 0 aliphatic rings. The van der Waals surface area contributed by atoms with E-state index in [1.165, 1.54) is 0 Å². The van der Waals surface area contributed by atoms with Crippen LogP contribution in [0.5, 0.6) is 0 Å². The van der Waals surface area contributed by atoms with Crippen molar-refractivity contribution in [1.82, 2.24) is 0 Å². The summed E-state index contributed by atoms with van der Waals surface area (Å²) in [5.74, 6) is -0.926. The molecule has 3 nitrogen and oxygen atoms in total. The van der Waals surface area contributed by atoms with E-state index in [1.54, 1.807) is 0 Å². The number of nitrogens with two attached hydrogens (primary N) is 1. The summed E-state index contributed by atoms with van der Waals surface area (Å²) in [4.78, 5) is 18.3. The average molecular weight is 255 g/mol. The van der Waals surface area contributed by atoms with Crippen LogP contribution < -0.4 is 5.73 Å². The Morgan fingerprint density at radius 3 is 0.938 bits per heavy atom. The monoisotopic (exact) mass is 255 g/mol.